The van der Waals surface area contributed by atoms with Gasteiger partial charge in [0.25, 0.3) is 5.91 Å². The highest BCUT2D eigenvalue weighted by molar-refractivity contribution is 5.84. The van der Waals surface area contributed by atoms with Crippen molar-refractivity contribution in [1.29, 1.82) is 5.26 Å². The van der Waals surface area contributed by atoms with E-state index in [1.165, 1.54) is 26.5 Å². The fraction of sp³-hybridized carbons (Fsp3) is 0.231. The summed E-state index contributed by atoms with van der Waals surface area (Å²) in [5.74, 6) is -0.0194. The van der Waals surface area contributed by atoms with Gasteiger partial charge in [0.15, 0.2) is 11.5 Å². The van der Waals surface area contributed by atoms with Crippen molar-refractivity contribution in [3.8, 4) is 17.6 Å². The zero-order valence-electron chi connectivity index (χ0n) is 11.5. The van der Waals surface area contributed by atoms with Crippen LogP contribution in [0, 0.1) is 11.3 Å². The van der Waals surface area contributed by atoms with Crippen LogP contribution in [-0.4, -0.2) is 32.5 Å². The number of amides is 1. The minimum atomic E-state index is -0.863. The van der Waals surface area contributed by atoms with E-state index in [9.17, 15) is 9.59 Å². The molecule has 1 amide bonds. The number of hydrogen-bond acceptors (Lipinski definition) is 7. The molecule has 1 N–H and O–H groups in total. The highest BCUT2D eigenvalue weighted by atomic mass is 16.7. The predicted octanol–water partition coefficient (Wildman–Crippen LogP) is 1.20. The Morgan fingerprint density at radius 1 is 1.38 bits per heavy atom. The molecule has 0 aliphatic rings. The Morgan fingerprint density at radius 2 is 2.14 bits per heavy atom. The van der Waals surface area contributed by atoms with E-state index in [1.807, 2.05) is 0 Å². The van der Waals surface area contributed by atoms with Gasteiger partial charge in [-0.05, 0) is 23.8 Å². The van der Waals surface area contributed by atoms with Crippen LogP contribution >= 0.6 is 0 Å². The number of carbonyl (C=O) groups is 2. The van der Waals surface area contributed by atoms with Crippen LogP contribution < -0.4 is 14.9 Å². The largest absolute Gasteiger partial charge is 0.513 e. The van der Waals surface area contributed by atoms with Crippen molar-refractivity contribution in [2.45, 2.75) is 6.42 Å². The normalized spacial score (nSPS) is 9.76. The number of nitriles is 1. The quantitative estimate of drug-likeness (QED) is 0.378. The zero-order valence-corrected chi connectivity index (χ0v) is 11.5. The van der Waals surface area contributed by atoms with Gasteiger partial charge < -0.3 is 14.2 Å². The first-order valence-corrected chi connectivity index (χ1v) is 5.73. The Morgan fingerprint density at radius 3 is 2.76 bits per heavy atom. The summed E-state index contributed by atoms with van der Waals surface area (Å²) in [7, 11) is 2.61. The molecule has 0 saturated carbocycles. The summed E-state index contributed by atoms with van der Waals surface area (Å²) in [4.78, 5) is 22.1. The number of hydrogen-bond donors (Lipinski definition) is 1. The second-order valence-electron chi connectivity index (χ2n) is 3.59. The molecule has 0 unspecified atom stereocenters. The molecule has 0 bridgehead atoms. The molecule has 0 fully saturated rings. The zero-order chi connectivity index (χ0) is 15.7. The maximum atomic E-state index is 11.0. The minimum Gasteiger partial charge on any atom is -0.493 e. The average Bonchev–Trinajstić information content (AvgIpc) is 2.48. The molecule has 0 atom stereocenters. The van der Waals surface area contributed by atoms with E-state index in [0.29, 0.717) is 11.3 Å². The smallest absolute Gasteiger partial charge is 0.493 e. The minimum absolute atomic E-state index is 0.190. The van der Waals surface area contributed by atoms with Crippen molar-refractivity contribution in [2.75, 3.05) is 14.2 Å². The molecule has 1 aromatic rings. The first-order valence-electron chi connectivity index (χ1n) is 5.73. The van der Waals surface area contributed by atoms with Crippen molar-refractivity contribution in [3.63, 3.8) is 0 Å². The van der Waals surface area contributed by atoms with Crippen molar-refractivity contribution in [2.24, 2.45) is 5.10 Å². The van der Waals surface area contributed by atoms with Gasteiger partial charge in [0.05, 0.1) is 26.5 Å². The van der Waals surface area contributed by atoms with E-state index in [2.05, 4.69) is 15.3 Å². The molecule has 8 nitrogen and oxygen atoms in total. The van der Waals surface area contributed by atoms with Crippen LogP contribution in [0.2, 0.25) is 0 Å². The lowest BCUT2D eigenvalue weighted by atomic mass is 10.2. The Hall–Kier alpha value is -3.08. The van der Waals surface area contributed by atoms with Crippen molar-refractivity contribution < 1.29 is 23.8 Å². The lowest BCUT2D eigenvalue weighted by molar-refractivity contribution is -0.120. The number of benzene rings is 1. The molecule has 0 spiro atoms. The van der Waals surface area contributed by atoms with Gasteiger partial charge >= 0.3 is 6.16 Å². The van der Waals surface area contributed by atoms with Crippen LogP contribution in [0.4, 0.5) is 4.79 Å². The van der Waals surface area contributed by atoms with Gasteiger partial charge in [-0.15, -0.1) is 0 Å². The van der Waals surface area contributed by atoms with E-state index >= 15 is 0 Å². The van der Waals surface area contributed by atoms with Crippen molar-refractivity contribution >= 4 is 18.3 Å². The van der Waals surface area contributed by atoms with Gasteiger partial charge in [-0.2, -0.15) is 10.4 Å². The number of methoxy groups -OCH3 is 2. The van der Waals surface area contributed by atoms with Gasteiger partial charge in [0.2, 0.25) is 0 Å². The van der Waals surface area contributed by atoms with Gasteiger partial charge in [-0.3, -0.25) is 4.79 Å². The lowest BCUT2D eigenvalue weighted by Gasteiger charge is -2.08. The summed E-state index contributed by atoms with van der Waals surface area (Å²) < 4.78 is 14.3. The molecule has 1 rings (SSSR count). The Kier molecular flexibility index (Phi) is 6.21. The van der Waals surface area contributed by atoms with E-state index in [1.54, 1.807) is 18.2 Å². The Bertz CT molecular complexity index is 592. The summed E-state index contributed by atoms with van der Waals surface area (Å²) in [5, 5.41) is 12.0. The maximum Gasteiger partial charge on any atom is 0.513 e. The van der Waals surface area contributed by atoms with Gasteiger partial charge in [0.1, 0.15) is 6.42 Å². The monoisotopic (exact) mass is 291 g/mol. The SMILES string of the molecule is COC(=O)Oc1ccc(/C=N\NC(=O)CC#N)cc1OC. The number of nitrogens with zero attached hydrogens (tertiary/aromatic N) is 2. The van der Waals surface area contributed by atoms with E-state index in [-0.39, 0.29) is 12.2 Å². The maximum absolute atomic E-state index is 11.0. The fourth-order valence-electron chi connectivity index (χ4n) is 1.27. The van der Waals surface area contributed by atoms with Crippen LogP contribution in [0.3, 0.4) is 0 Å². The van der Waals surface area contributed by atoms with E-state index in [4.69, 9.17) is 14.7 Å². The second kappa shape index (κ2) is 8.16. The topological polar surface area (TPSA) is 110 Å². The third-order valence-corrected chi connectivity index (χ3v) is 2.19. The number of nitrogens with one attached hydrogen (secondary N) is 1. The lowest BCUT2D eigenvalue weighted by Crippen LogP contribution is -2.16. The van der Waals surface area contributed by atoms with Crippen LogP contribution in [0.1, 0.15) is 12.0 Å². The van der Waals surface area contributed by atoms with Crippen molar-refractivity contribution in [1.82, 2.24) is 5.43 Å². The molecule has 1 aromatic carbocycles. The summed E-state index contributed by atoms with van der Waals surface area (Å²) in [5.41, 5.74) is 2.79. The predicted molar refractivity (Wildman–Crippen MR) is 72.0 cm³/mol. The average molecular weight is 291 g/mol. The molecular formula is C13H13N3O5. The summed E-state index contributed by atoms with van der Waals surface area (Å²) >= 11 is 0. The number of carbonyl (C=O) groups excluding carboxylic acids is 2. The number of rotatable bonds is 5. The number of hydrazone groups is 1. The molecule has 0 aliphatic carbocycles. The molecular weight excluding hydrogens is 278 g/mol. The summed E-state index contributed by atoms with van der Waals surface area (Å²) in [6.07, 6.45) is 0.227. The first kappa shape index (κ1) is 16.0. The van der Waals surface area contributed by atoms with Crippen LogP contribution in [-0.2, 0) is 9.53 Å². The third kappa shape index (κ3) is 5.20. The third-order valence-electron chi connectivity index (χ3n) is 2.19. The summed E-state index contributed by atoms with van der Waals surface area (Å²) in [6, 6.07) is 6.35. The molecule has 110 valence electrons. The molecule has 0 heterocycles. The standard InChI is InChI=1S/C13H13N3O5/c1-19-11-7-9(8-15-16-12(17)5-6-14)3-4-10(11)21-13(18)20-2/h3-4,7-8H,5H2,1-2H3,(H,16,17)/b15-8-. The first-order chi connectivity index (χ1) is 10.1. The highest BCUT2D eigenvalue weighted by Crippen LogP contribution is 2.27. The Labute approximate surface area is 120 Å². The van der Waals surface area contributed by atoms with Gasteiger partial charge in [-0.1, -0.05) is 0 Å². The van der Waals surface area contributed by atoms with Gasteiger partial charge in [0, 0.05) is 0 Å². The highest BCUT2D eigenvalue weighted by Gasteiger charge is 2.10. The molecule has 0 saturated heterocycles. The molecule has 0 aromatic heterocycles. The molecule has 0 aliphatic heterocycles. The number of ether oxygens (including phenoxy) is 3. The van der Waals surface area contributed by atoms with Gasteiger partial charge in [-0.25, -0.2) is 10.2 Å². The van der Waals surface area contributed by atoms with E-state index in [0.717, 1.165) is 0 Å². The molecule has 0 radical (unpaired) electrons. The fourth-order valence-corrected chi connectivity index (χ4v) is 1.27. The Balaban J connectivity index is 2.78. The van der Waals surface area contributed by atoms with Crippen LogP contribution in [0.5, 0.6) is 11.5 Å². The van der Waals surface area contributed by atoms with E-state index < -0.39 is 12.1 Å². The second-order valence-corrected chi connectivity index (χ2v) is 3.59. The summed E-state index contributed by atoms with van der Waals surface area (Å²) in [6.45, 7) is 0. The van der Waals surface area contributed by atoms with Crippen LogP contribution in [0.25, 0.3) is 0 Å². The van der Waals surface area contributed by atoms with Crippen LogP contribution in [0.15, 0.2) is 23.3 Å². The molecule has 8 heteroatoms. The molecule has 21 heavy (non-hydrogen) atoms. The van der Waals surface area contributed by atoms with Crippen molar-refractivity contribution in [3.05, 3.63) is 23.8 Å².